The zero-order valence-corrected chi connectivity index (χ0v) is 13.9. The lowest BCUT2D eigenvalue weighted by molar-refractivity contribution is -0.164. The standard InChI is InChI=1S/C17H20N2O3S/c1-11(15(18)20)22-16(21)17(8-4-5-9-17)10-14-19-12-6-2-3-7-13(12)23-14/h2-3,6-7,11H,4-5,8-10H2,1H3,(H2,18,20). The van der Waals surface area contributed by atoms with Gasteiger partial charge in [-0.05, 0) is 31.9 Å². The van der Waals surface area contributed by atoms with Gasteiger partial charge in [0.25, 0.3) is 5.91 Å². The molecule has 122 valence electrons. The summed E-state index contributed by atoms with van der Waals surface area (Å²) in [4.78, 5) is 28.5. The SMILES string of the molecule is CC(OC(=O)C1(Cc2nc3ccccc3s2)CCCC1)C(N)=O. The fraction of sp³-hybridized carbons (Fsp3) is 0.471. The molecule has 0 bridgehead atoms. The fourth-order valence-corrected chi connectivity index (χ4v) is 4.24. The number of nitrogens with two attached hydrogens (primary N) is 1. The Hall–Kier alpha value is -1.95. The molecule has 2 N–H and O–H groups in total. The lowest BCUT2D eigenvalue weighted by atomic mass is 9.83. The lowest BCUT2D eigenvalue weighted by Crippen LogP contribution is -2.38. The molecule has 23 heavy (non-hydrogen) atoms. The first kappa shape index (κ1) is 15.9. The van der Waals surface area contributed by atoms with E-state index in [9.17, 15) is 9.59 Å². The molecular weight excluding hydrogens is 312 g/mol. The number of hydrogen-bond acceptors (Lipinski definition) is 5. The van der Waals surface area contributed by atoms with Crippen molar-refractivity contribution in [1.29, 1.82) is 0 Å². The van der Waals surface area contributed by atoms with Gasteiger partial charge in [0, 0.05) is 6.42 Å². The molecule has 1 saturated carbocycles. The number of carbonyl (C=O) groups excluding carboxylic acids is 2. The van der Waals surface area contributed by atoms with Crippen molar-refractivity contribution in [3.63, 3.8) is 0 Å². The molecule has 3 rings (SSSR count). The summed E-state index contributed by atoms with van der Waals surface area (Å²) in [5, 5.41) is 0.941. The molecule has 6 heteroatoms. The molecule has 1 aromatic carbocycles. The van der Waals surface area contributed by atoms with E-state index in [4.69, 9.17) is 10.5 Å². The number of esters is 1. The predicted octanol–water partition coefficient (Wildman–Crippen LogP) is 2.82. The number of fused-ring (bicyclic) bond motifs is 1. The first-order valence-electron chi connectivity index (χ1n) is 7.85. The first-order valence-corrected chi connectivity index (χ1v) is 8.67. The number of hydrogen-bond donors (Lipinski definition) is 1. The minimum atomic E-state index is -0.893. The minimum absolute atomic E-state index is 0.319. The third kappa shape index (κ3) is 3.22. The topological polar surface area (TPSA) is 82.3 Å². The van der Waals surface area contributed by atoms with Gasteiger partial charge < -0.3 is 10.5 Å². The Bertz CT molecular complexity index is 701. The van der Waals surface area contributed by atoms with Gasteiger partial charge in [-0.2, -0.15) is 0 Å². The highest BCUT2D eigenvalue weighted by molar-refractivity contribution is 7.18. The normalized spacial score (nSPS) is 18.0. The average molecular weight is 332 g/mol. The highest BCUT2D eigenvalue weighted by atomic mass is 32.1. The summed E-state index contributed by atoms with van der Waals surface area (Å²) in [6, 6.07) is 7.95. The molecule has 1 unspecified atom stereocenters. The molecule has 1 aliphatic rings. The van der Waals surface area contributed by atoms with Crippen molar-refractivity contribution in [1.82, 2.24) is 4.98 Å². The summed E-state index contributed by atoms with van der Waals surface area (Å²) < 4.78 is 6.43. The lowest BCUT2D eigenvalue weighted by Gasteiger charge is -2.26. The maximum Gasteiger partial charge on any atom is 0.313 e. The Morgan fingerprint density at radius 3 is 2.70 bits per heavy atom. The summed E-state index contributed by atoms with van der Waals surface area (Å²) >= 11 is 1.61. The summed E-state index contributed by atoms with van der Waals surface area (Å²) in [5.74, 6) is -0.938. The van der Waals surface area contributed by atoms with Crippen molar-refractivity contribution in [3.8, 4) is 0 Å². The molecule has 0 saturated heterocycles. The van der Waals surface area contributed by atoms with Gasteiger partial charge in [0.15, 0.2) is 6.10 Å². The highest BCUT2D eigenvalue weighted by Crippen LogP contribution is 2.43. The maximum atomic E-state index is 12.6. The number of nitrogens with zero attached hydrogens (tertiary/aromatic N) is 1. The molecule has 2 aromatic rings. The van der Waals surface area contributed by atoms with Crippen LogP contribution in [0.5, 0.6) is 0 Å². The van der Waals surface area contributed by atoms with Gasteiger partial charge in [-0.3, -0.25) is 9.59 Å². The van der Waals surface area contributed by atoms with Gasteiger partial charge in [0.2, 0.25) is 0 Å². The van der Waals surface area contributed by atoms with Gasteiger partial charge >= 0.3 is 5.97 Å². The molecule has 0 radical (unpaired) electrons. The van der Waals surface area contributed by atoms with Crippen molar-refractivity contribution in [2.45, 2.75) is 45.1 Å². The molecule has 0 aliphatic heterocycles. The van der Waals surface area contributed by atoms with Crippen LogP contribution < -0.4 is 5.73 Å². The summed E-state index contributed by atoms with van der Waals surface area (Å²) in [6.07, 6.45) is 3.20. The molecule has 1 fully saturated rings. The molecule has 1 aliphatic carbocycles. The molecule has 0 spiro atoms. The average Bonchev–Trinajstić information content (AvgIpc) is 3.14. The van der Waals surface area contributed by atoms with Crippen LogP contribution in [-0.2, 0) is 20.7 Å². The fourth-order valence-electron chi connectivity index (χ4n) is 3.13. The number of thiazole rings is 1. The number of primary amides is 1. The Kier molecular flexibility index (Phi) is 4.35. The van der Waals surface area contributed by atoms with Gasteiger partial charge in [0.05, 0.1) is 20.6 Å². The van der Waals surface area contributed by atoms with Crippen LogP contribution in [0, 0.1) is 5.41 Å². The van der Waals surface area contributed by atoms with E-state index in [0.717, 1.165) is 40.9 Å². The minimum Gasteiger partial charge on any atom is -0.452 e. The van der Waals surface area contributed by atoms with Crippen LogP contribution >= 0.6 is 11.3 Å². The second kappa shape index (κ2) is 6.28. The van der Waals surface area contributed by atoms with E-state index < -0.39 is 17.4 Å². The van der Waals surface area contributed by atoms with Gasteiger partial charge in [0.1, 0.15) is 0 Å². The summed E-state index contributed by atoms with van der Waals surface area (Å²) in [5.41, 5.74) is 5.59. The second-order valence-electron chi connectivity index (χ2n) is 6.19. The molecule has 1 heterocycles. The number of para-hydroxylation sites is 1. The number of carbonyl (C=O) groups is 2. The largest absolute Gasteiger partial charge is 0.452 e. The Morgan fingerprint density at radius 1 is 1.35 bits per heavy atom. The van der Waals surface area contributed by atoms with E-state index in [1.807, 2.05) is 24.3 Å². The maximum absolute atomic E-state index is 12.6. The third-order valence-electron chi connectivity index (χ3n) is 4.51. The van der Waals surface area contributed by atoms with E-state index >= 15 is 0 Å². The number of amides is 1. The Balaban J connectivity index is 1.83. The van der Waals surface area contributed by atoms with Gasteiger partial charge in [-0.25, -0.2) is 4.98 Å². The van der Waals surface area contributed by atoms with Crippen molar-refractivity contribution >= 4 is 33.4 Å². The molecule has 1 atom stereocenters. The van der Waals surface area contributed by atoms with Crippen LogP contribution in [0.1, 0.15) is 37.6 Å². The summed E-state index contributed by atoms with van der Waals surface area (Å²) in [7, 11) is 0. The van der Waals surface area contributed by atoms with Crippen LogP contribution in [0.3, 0.4) is 0 Å². The second-order valence-corrected chi connectivity index (χ2v) is 7.30. The molecule has 1 aromatic heterocycles. The van der Waals surface area contributed by atoms with Crippen LogP contribution in [0.15, 0.2) is 24.3 Å². The Labute approximate surface area is 138 Å². The van der Waals surface area contributed by atoms with E-state index in [1.54, 1.807) is 11.3 Å². The molecule has 1 amide bonds. The van der Waals surface area contributed by atoms with Crippen LogP contribution in [0.25, 0.3) is 10.2 Å². The van der Waals surface area contributed by atoms with Crippen molar-refractivity contribution in [3.05, 3.63) is 29.3 Å². The van der Waals surface area contributed by atoms with E-state index in [-0.39, 0.29) is 5.97 Å². The van der Waals surface area contributed by atoms with E-state index in [1.165, 1.54) is 6.92 Å². The third-order valence-corrected chi connectivity index (χ3v) is 5.54. The molecule has 5 nitrogen and oxygen atoms in total. The highest BCUT2D eigenvalue weighted by Gasteiger charge is 2.44. The van der Waals surface area contributed by atoms with Crippen LogP contribution in [0.2, 0.25) is 0 Å². The summed E-state index contributed by atoms with van der Waals surface area (Å²) in [6.45, 7) is 1.51. The van der Waals surface area contributed by atoms with Crippen molar-refractivity contribution in [2.75, 3.05) is 0 Å². The number of ether oxygens (including phenoxy) is 1. The quantitative estimate of drug-likeness (QED) is 0.854. The molecular formula is C17H20N2O3S. The van der Waals surface area contributed by atoms with E-state index in [2.05, 4.69) is 4.98 Å². The zero-order valence-electron chi connectivity index (χ0n) is 13.1. The van der Waals surface area contributed by atoms with Crippen molar-refractivity contribution in [2.24, 2.45) is 11.1 Å². The predicted molar refractivity (Wildman–Crippen MR) is 89.0 cm³/mol. The van der Waals surface area contributed by atoms with Crippen LogP contribution in [-0.4, -0.2) is 23.0 Å². The van der Waals surface area contributed by atoms with E-state index in [0.29, 0.717) is 6.42 Å². The number of aromatic nitrogens is 1. The van der Waals surface area contributed by atoms with Gasteiger partial charge in [-0.15, -0.1) is 11.3 Å². The number of rotatable bonds is 5. The monoisotopic (exact) mass is 332 g/mol. The van der Waals surface area contributed by atoms with Crippen LogP contribution in [0.4, 0.5) is 0 Å². The first-order chi connectivity index (χ1) is 11.0. The zero-order chi connectivity index (χ0) is 16.4. The Morgan fingerprint density at radius 2 is 2.04 bits per heavy atom. The smallest absolute Gasteiger partial charge is 0.313 e. The van der Waals surface area contributed by atoms with Gasteiger partial charge in [-0.1, -0.05) is 25.0 Å². The van der Waals surface area contributed by atoms with Crippen molar-refractivity contribution < 1.29 is 14.3 Å². The number of benzene rings is 1.